The predicted octanol–water partition coefficient (Wildman–Crippen LogP) is 1.31. The topological polar surface area (TPSA) is 110 Å². The number of carbonyl (C=O) groups excluding carboxylic acids is 2. The SMILES string of the molecule is NC(=O)Nc1cccc(CNC(=O)C[C@@H]2CCC[C@H]2N)c1. The Morgan fingerprint density at radius 1 is 1.29 bits per heavy atom. The van der Waals surface area contributed by atoms with E-state index >= 15 is 0 Å². The Morgan fingerprint density at radius 3 is 2.76 bits per heavy atom. The van der Waals surface area contributed by atoms with E-state index < -0.39 is 6.03 Å². The van der Waals surface area contributed by atoms with Crippen molar-refractivity contribution < 1.29 is 9.59 Å². The van der Waals surface area contributed by atoms with Gasteiger partial charge in [-0.1, -0.05) is 18.6 Å². The van der Waals surface area contributed by atoms with E-state index in [1.54, 1.807) is 18.2 Å². The number of nitrogens with one attached hydrogen (secondary N) is 2. The molecular weight excluding hydrogens is 268 g/mol. The molecule has 6 heteroatoms. The van der Waals surface area contributed by atoms with Gasteiger partial charge < -0.3 is 22.1 Å². The molecule has 0 bridgehead atoms. The van der Waals surface area contributed by atoms with Gasteiger partial charge >= 0.3 is 6.03 Å². The van der Waals surface area contributed by atoms with Crippen molar-refractivity contribution in [2.45, 2.75) is 38.3 Å². The largest absolute Gasteiger partial charge is 0.352 e. The minimum Gasteiger partial charge on any atom is -0.352 e. The van der Waals surface area contributed by atoms with Gasteiger partial charge in [0, 0.05) is 24.7 Å². The second kappa shape index (κ2) is 7.08. The highest BCUT2D eigenvalue weighted by molar-refractivity contribution is 5.87. The van der Waals surface area contributed by atoms with Crippen molar-refractivity contribution in [1.29, 1.82) is 0 Å². The van der Waals surface area contributed by atoms with Crippen LogP contribution < -0.4 is 22.1 Å². The number of hydrogen-bond acceptors (Lipinski definition) is 3. The zero-order chi connectivity index (χ0) is 15.2. The lowest BCUT2D eigenvalue weighted by Crippen LogP contribution is -2.31. The Kier molecular flexibility index (Phi) is 5.16. The molecule has 0 aromatic heterocycles. The molecule has 1 saturated carbocycles. The first-order chi connectivity index (χ1) is 10.0. The number of nitrogens with two attached hydrogens (primary N) is 2. The van der Waals surface area contributed by atoms with Gasteiger partial charge in [-0.25, -0.2) is 4.79 Å². The Hall–Kier alpha value is -2.08. The second-order valence-electron chi connectivity index (χ2n) is 5.53. The van der Waals surface area contributed by atoms with Crippen LogP contribution in [-0.2, 0) is 11.3 Å². The van der Waals surface area contributed by atoms with Crippen molar-refractivity contribution in [2.24, 2.45) is 17.4 Å². The Labute approximate surface area is 124 Å². The first kappa shape index (κ1) is 15.3. The maximum absolute atomic E-state index is 11.9. The first-order valence-corrected chi connectivity index (χ1v) is 7.22. The van der Waals surface area contributed by atoms with Crippen LogP contribution in [-0.4, -0.2) is 18.0 Å². The van der Waals surface area contributed by atoms with E-state index in [4.69, 9.17) is 11.5 Å². The van der Waals surface area contributed by atoms with Gasteiger partial charge in [0.05, 0.1) is 0 Å². The zero-order valence-corrected chi connectivity index (χ0v) is 12.0. The summed E-state index contributed by atoms with van der Waals surface area (Å²) in [5.74, 6) is 0.318. The summed E-state index contributed by atoms with van der Waals surface area (Å²) in [5, 5.41) is 5.40. The summed E-state index contributed by atoms with van der Waals surface area (Å²) in [6.45, 7) is 0.426. The van der Waals surface area contributed by atoms with Gasteiger partial charge in [0.1, 0.15) is 0 Å². The number of amides is 3. The summed E-state index contributed by atoms with van der Waals surface area (Å²) in [4.78, 5) is 22.7. The molecule has 0 spiro atoms. The Bertz CT molecular complexity index is 518. The van der Waals surface area contributed by atoms with Gasteiger partial charge in [-0.3, -0.25) is 4.79 Å². The van der Waals surface area contributed by atoms with Crippen molar-refractivity contribution in [3.05, 3.63) is 29.8 Å². The molecule has 0 radical (unpaired) electrons. The lowest BCUT2D eigenvalue weighted by atomic mass is 10.00. The number of urea groups is 1. The Balaban J connectivity index is 1.82. The van der Waals surface area contributed by atoms with Crippen LogP contribution in [0.15, 0.2) is 24.3 Å². The molecule has 0 saturated heterocycles. The van der Waals surface area contributed by atoms with Crippen molar-refractivity contribution in [2.75, 3.05) is 5.32 Å². The summed E-state index contributed by atoms with van der Waals surface area (Å²) in [7, 11) is 0. The average molecular weight is 290 g/mol. The van der Waals surface area contributed by atoms with E-state index in [1.807, 2.05) is 6.07 Å². The minimum atomic E-state index is -0.605. The van der Waals surface area contributed by atoms with Crippen molar-refractivity contribution >= 4 is 17.6 Å². The molecular formula is C15H22N4O2. The van der Waals surface area contributed by atoms with Crippen LogP contribution in [0.25, 0.3) is 0 Å². The molecule has 1 fully saturated rings. The molecule has 3 amide bonds. The van der Waals surface area contributed by atoms with Crippen LogP contribution in [0.4, 0.5) is 10.5 Å². The van der Waals surface area contributed by atoms with Crippen LogP contribution in [0.5, 0.6) is 0 Å². The van der Waals surface area contributed by atoms with Crippen LogP contribution in [0.2, 0.25) is 0 Å². The minimum absolute atomic E-state index is 0.0191. The third-order valence-electron chi connectivity index (χ3n) is 3.85. The van der Waals surface area contributed by atoms with E-state index in [0.29, 0.717) is 24.6 Å². The molecule has 114 valence electrons. The molecule has 0 heterocycles. The number of anilines is 1. The number of hydrogen-bond donors (Lipinski definition) is 4. The van der Waals surface area contributed by atoms with Gasteiger partial charge in [0.25, 0.3) is 0 Å². The molecule has 1 aromatic carbocycles. The molecule has 2 atom stereocenters. The van der Waals surface area contributed by atoms with Gasteiger partial charge in [0.15, 0.2) is 0 Å². The summed E-state index contributed by atoms with van der Waals surface area (Å²) < 4.78 is 0. The maximum atomic E-state index is 11.9. The fourth-order valence-corrected chi connectivity index (χ4v) is 2.73. The quantitative estimate of drug-likeness (QED) is 0.656. The summed E-state index contributed by atoms with van der Waals surface area (Å²) in [5.41, 5.74) is 12.6. The van der Waals surface area contributed by atoms with E-state index in [-0.39, 0.29) is 11.9 Å². The molecule has 21 heavy (non-hydrogen) atoms. The monoisotopic (exact) mass is 290 g/mol. The molecule has 6 nitrogen and oxygen atoms in total. The van der Waals surface area contributed by atoms with E-state index in [2.05, 4.69) is 10.6 Å². The third-order valence-corrected chi connectivity index (χ3v) is 3.85. The van der Waals surface area contributed by atoms with Gasteiger partial charge in [-0.05, 0) is 36.5 Å². The van der Waals surface area contributed by atoms with E-state index in [1.165, 1.54) is 0 Å². The third kappa shape index (κ3) is 4.75. The number of primary amides is 1. The number of rotatable bonds is 5. The van der Waals surface area contributed by atoms with Crippen LogP contribution in [0, 0.1) is 5.92 Å². The van der Waals surface area contributed by atoms with Gasteiger partial charge in [-0.2, -0.15) is 0 Å². The highest BCUT2D eigenvalue weighted by Crippen LogP contribution is 2.26. The fraction of sp³-hybridized carbons (Fsp3) is 0.467. The van der Waals surface area contributed by atoms with Gasteiger partial charge in [-0.15, -0.1) is 0 Å². The summed E-state index contributed by atoms with van der Waals surface area (Å²) in [6.07, 6.45) is 3.64. The maximum Gasteiger partial charge on any atom is 0.316 e. The van der Waals surface area contributed by atoms with Crippen LogP contribution >= 0.6 is 0 Å². The summed E-state index contributed by atoms with van der Waals surface area (Å²) >= 11 is 0. The highest BCUT2D eigenvalue weighted by Gasteiger charge is 2.25. The summed E-state index contributed by atoms with van der Waals surface area (Å²) in [6, 6.07) is 6.76. The molecule has 1 aromatic rings. The van der Waals surface area contributed by atoms with Crippen LogP contribution in [0.1, 0.15) is 31.2 Å². The van der Waals surface area contributed by atoms with E-state index in [9.17, 15) is 9.59 Å². The normalized spacial score (nSPS) is 21.0. The standard InChI is InChI=1S/C15H22N4O2/c16-13-6-2-4-11(13)8-14(20)18-9-10-3-1-5-12(7-10)19-15(17)21/h1,3,5,7,11,13H,2,4,6,8-9,16H2,(H,18,20)(H3,17,19,21)/t11-,13+/m0/s1. The molecule has 1 aliphatic carbocycles. The lowest BCUT2D eigenvalue weighted by molar-refractivity contribution is -0.122. The molecule has 2 rings (SSSR count). The van der Waals surface area contributed by atoms with Crippen molar-refractivity contribution in [3.8, 4) is 0 Å². The van der Waals surface area contributed by atoms with Crippen molar-refractivity contribution in [3.63, 3.8) is 0 Å². The predicted molar refractivity (Wildman–Crippen MR) is 81.4 cm³/mol. The molecule has 0 unspecified atom stereocenters. The second-order valence-corrected chi connectivity index (χ2v) is 5.53. The van der Waals surface area contributed by atoms with Crippen molar-refractivity contribution in [1.82, 2.24) is 5.32 Å². The zero-order valence-electron chi connectivity index (χ0n) is 12.0. The first-order valence-electron chi connectivity index (χ1n) is 7.22. The number of carbonyl (C=O) groups is 2. The lowest BCUT2D eigenvalue weighted by Gasteiger charge is -2.15. The molecule has 1 aliphatic rings. The van der Waals surface area contributed by atoms with Gasteiger partial charge in [0.2, 0.25) is 5.91 Å². The molecule has 6 N–H and O–H groups in total. The Morgan fingerprint density at radius 2 is 2.10 bits per heavy atom. The van der Waals surface area contributed by atoms with Crippen LogP contribution in [0.3, 0.4) is 0 Å². The number of benzene rings is 1. The molecule has 0 aliphatic heterocycles. The average Bonchev–Trinajstić information content (AvgIpc) is 2.82. The smallest absolute Gasteiger partial charge is 0.316 e. The fourth-order valence-electron chi connectivity index (χ4n) is 2.73. The highest BCUT2D eigenvalue weighted by atomic mass is 16.2. The van der Waals surface area contributed by atoms with E-state index in [0.717, 1.165) is 24.8 Å².